The molecule has 0 amide bonds. The van der Waals surface area contributed by atoms with Crippen molar-refractivity contribution in [2.75, 3.05) is 7.11 Å². The fourth-order valence-corrected chi connectivity index (χ4v) is 3.40. The van der Waals surface area contributed by atoms with E-state index in [9.17, 15) is 8.42 Å². The van der Waals surface area contributed by atoms with Gasteiger partial charge in [-0.2, -0.15) is 0 Å². The smallest absolute Gasteiger partial charge is 0.241 e. The predicted molar refractivity (Wildman–Crippen MR) is 87.6 cm³/mol. The molecule has 2 rings (SSSR count). The second-order valence-electron chi connectivity index (χ2n) is 5.11. The summed E-state index contributed by atoms with van der Waals surface area (Å²) in [5.74, 6) is 0.744. The molecule has 1 N–H and O–H groups in total. The maximum absolute atomic E-state index is 12.4. The van der Waals surface area contributed by atoms with Crippen molar-refractivity contribution in [2.45, 2.75) is 31.2 Å². The molecule has 1 atom stereocenters. The van der Waals surface area contributed by atoms with Gasteiger partial charge < -0.3 is 4.74 Å². The zero-order valence-electron chi connectivity index (χ0n) is 13.0. The predicted octanol–water partition coefficient (Wildman–Crippen LogP) is 3.30. The van der Waals surface area contributed by atoms with Crippen LogP contribution in [0.25, 0.3) is 0 Å². The van der Waals surface area contributed by atoms with Gasteiger partial charge in [0.1, 0.15) is 5.75 Å². The summed E-state index contributed by atoms with van der Waals surface area (Å²) in [6.45, 7) is 3.85. The minimum Gasteiger partial charge on any atom is -0.497 e. The average Bonchev–Trinajstić information content (AvgIpc) is 2.54. The van der Waals surface area contributed by atoms with Crippen LogP contribution in [0.15, 0.2) is 53.4 Å². The van der Waals surface area contributed by atoms with Gasteiger partial charge in [-0.05, 0) is 48.7 Å². The summed E-state index contributed by atoms with van der Waals surface area (Å²) >= 11 is 0. The van der Waals surface area contributed by atoms with Crippen LogP contribution in [0.1, 0.15) is 31.0 Å². The van der Waals surface area contributed by atoms with Crippen molar-refractivity contribution in [3.63, 3.8) is 0 Å². The van der Waals surface area contributed by atoms with Crippen LogP contribution >= 0.6 is 0 Å². The zero-order valence-corrected chi connectivity index (χ0v) is 13.9. The molecule has 0 saturated heterocycles. The van der Waals surface area contributed by atoms with Gasteiger partial charge in [0, 0.05) is 6.04 Å². The van der Waals surface area contributed by atoms with Gasteiger partial charge in [-0.1, -0.05) is 31.2 Å². The molecular weight excluding hydrogens is 298 g/mol. The van der Waals surface area contributed by atoms with Gasteiger partial charge in [-0.25, -0.2) is 13.1 Å². The molecule has 0 aromatic heterocycles. The van der Waals surface area contributed by atoms with Crippen molar-refractivity contribution in [1.82, 2.24) is 4.72 Å². The topological polar surface area (TPSA) is 55.4 Å². The highest BCUT2D eigenvalue weighted by Gasteiger charge is 2.18. The molecule has 0 aliphatic carbocycles. The Bertz CT molecular complexity index is 707. The van der Waals surface area contributed by atoms with Crippen LogP contribution in [0, 0.1) is 0 Å². The Morgan fingerprint density at radius 2 is 1.64 bits per heavy atom. The van der Waals surface area contributed by atoms with Crippen molar-refractivity contribution >= 4 is 10.0 Å². The molecule has 5 heteroatoms. The van der Waals surface area contributed by atoms with Gasteiger partial charge in [0.2, 0.25) is 10.0 Å². The van der Waals surface area contributed by atoms with E-state index in [4.69, 9.17) is 4.74 Å². The molecule has 0 fully saturated rings. The molecule has 4 nitrogen and oxygen atoms in total. The number of benzene rings is 2. The van der Waals surface area contributed by atoms with E-state index in [-0.39, 0.29) is 10.9 Å². The number of methoxy groups -OCH3 is 1. The van der Waals surface area contributed by atoms with E-state index in [1.54, 1.807) is 19.2 Å². The van der Waals surface area contributed by atoms with E-state index < -0.39 is 10.0 Å². The van der Waals surface area contributed by atoms with Crippen molar-refractivity contribution < 1.29 is 13.2 Å². The maximum atomic E-state index is 12.4. The van der Waals surface area contributed by atoms with Gasteiger partial charge in [0.25, 0.3) is 0 Å². The lowest BCUT2D eigenvalue weighted by atomic mass is 10.1. The highest BCUT2D eigenvalue weighted by Crippen LogP contribution is 2.20. The highest BCUT2D eigenvalue weighted by atomic mass is 32.2. The van der Waals surface area contributed by atoms with E-state index in [0.717, 1.165) is 23.3 Å². The molecule has 1 unspecified atom stereocenters. The fraction of sp³-hybridized carbons (Fsp3) is 0.294. The van der Waals surface area contributed by atoms with Crippen LogP contribution in [0.5, 0.6) is 5.75 Å². The summed E-state index contributed by atoms with van der Waals surface area (Å²) < 4.78 is 32.6. The maximum Gasteiger partial charge on any atom is 0.241 e. The average molecular weight is 319 g/mol. The summed E-state index contributed by atoms with van der Waals surface area (Å²) in [6, 6.07) is 14.0. The monoisotopic (exact) mass is 319 g/mol. The third kappa shape index (κ3) is 3.87. The Morgan fingerprint density at radius 3 is 2.14 bits per heavy atom. The van der Waals surface area contributed by atoms with Crippen LogP contribution in [-0.2, 0) is 16.4 Å². The van der Waals surface area contributed by atoms with Crippen molar-refractivity contribution in [1.29, 1.82) is 0 Å². The number of hydrogen-bond donors (Lipinski definition) is 1. The van der Waals surface area contributed by atoms with Crippen LogP contribution < -0.4 is 9.46 Å². The third-order valence-corrected chi connectivity index (χ3v) is 5.15. The highest BCUT2D eigenvalue weighted by molar-refractivity contribution is 7.89. The lowest BCUT2D eigenvalue weighted by Crippen LogP contribution is -2.26. The summed E-state index contributed by atoms with van der Waals surface area (Å²) in [5.41, 5.74) is 2.00. The Hall–Kier alpha value is -1.85. The molecular formula is C17H21NO3S. The number of ether oxygens (including phenoxy) is 1. The molecule has 0 spiro atoms. The molecule has 0 bridgehead atoms. The van der Waals surface area contributed by atoms with Crippen LogP contribution in [0.4, 0.5) is 0 Å². The summed E-state index contributed by atoms with van der Waals surface area (Å²) in [6.07, 6.45) is 0.885. The Balaban J connectivity index is 2.15. The molecule has 0 aliphatic heterocycles. The number of aryl methyl sites for hydroxylation is 1. The Morgan fingerprint density at radius 1 is 1.05 bits per heavy atom. The molecule has 118 valence electrons. The molecule has 0 heterocycles. The third-order valence-electron chi connectivity index (χ3n) is 3.59. The Labute approximate surface area is 132 Å². The van der Waals surface area contributed by atoms with Crippen molar-refractivity contribution in [3.8, 4) is 5.75 Å². The minimum atomic E-state index is -3.53. The first kappa shape index (κ1) is 16.5. The van der Waals surface area contributed by atoms with E-state index in [1.165, 1.54) is 0 Å². The summed E-state index contributed by atoms with van der Waals surface area (Å²) in [4.78, 5) is 0.282. The standard InChI is InChI=1S/C17H21NO3S/c1-4-14-5-11-17(12-6-14)22(19,20)18-13(2)15-7-9-16(21-3)10-8-15/h5-13,18H,4H2,1-3H3. The first-order valence-corrected chi connectivity index (χ1v) is 8.70. The van der Waals surface area contributed by atoms with Crippen LogP contribution in [0.2, 0.25) is 0 Å². The number of hydrogen-bond acceptors (Lipinski definition) is 3. The number of rotatable bonds is 6. The molecule has 2 aromatic rings. The first-order valence-electron chi connectivity index (χ1n) is 7.21. The molecule has 0 saturated carbocycles. The Kier molecular flexibility index (Phi) is 5.21. The second-order valence-corrected chi connectivity index (χ2v) is 6.83. The normalized spacial score (nSPS) is 12.9. The van der Waals surface area contributed by atoms with Crippen molar-refractivity contribution in [2.24, 2.45) is 0 Å². The molecule has 22 heavy (non-hydrogen) atoms. The van der Waals surface area contributed by atoms with Gasteiger partial charge in [0.05, 0.1) is 12.0 Å². The summed E-state index contributed by atoms with van der Waals surface area (Å²) in [5, 5.41) is 0. The van der Waals surface area contributed by atoms with Crippen molar-refractivity contribution in [3.05, 3.63) is 59.7 Å². The largest absolute Gasteiger partial charge is 0.497 e. The van der Waals surface area contributed by atoms with Crippen LogP contribution in [-0.4, -0.2) is 15.5 Å². The van der Waals surface area contributed by atoms with E-state index in [0.29, 0.717) is 0 Å². The number of sulfonamides is 1. The van der Waals surface area contributed by atoms with Gasteiger partial charge in [-0.15, -0.1) is 0 Å². The summed E-state index contributed by atoms with van der Waals surface area (Å²) in [7, 11) is -1.93. The minimum absolute atomic E-state index is 0.282. The first-order chi connectivity index (χ1) is 10.5. The van der Waals surface area contributed by atoms with Gasteiger partial charge in [-0.3, -0.25) is 0 Å². The molecule has 2 aromatic carbocycles. The lowest BCUT2D eigenvalue weighted by molar-refractivity contribution is 0.414. The zero-order chi connectivity index (χ0) is 16.2. The lowest BCUT2D eigenvalue weighted by Gasteiger charge is -2.15. The molecule has 0 radical (unpaired) electrons. The van der Waals surface area contributed by atoms with E-state index in [2.05, 4.69) is 4.72 Å². The number of nitrogens with one attached hydrogen (secondary N) is 1. The van der Waals surface area contributed by atoms with E-state index >= 15 is 0 Å². The second kappa shape index (κ2) is 6.94. The fourth-order valence-electron chi connectivity index (χ4n) is 2.17. The van der Waals surface area contributed by atoms with Gasteiger partial charge in [0.15, 0.2) is 0 Å². The quantitative estimate of drug-likeness (QED) is 0.889. The SMILES string of the molecule is CCc1ccc(S(=O)(=O)NC(C)c2ccc(OC)cc2)cc1. The van der Waals surface area contributed by atoms with Crippen LogP contribution in [0.3, 0.4) is 0 Å². The van der Waals surface area contributed by atoms with E-state index in [1.807, 2.05) is 50.2 Å². The van der Waals surface area contributed by atoms with Gasteiger partial charge >= 0.3 is 0 Å². The molecule has 0 aliphatic rings.